The smallest absolute Gasteiger partial charge is 0.317 e. The second-order valence-electron chi connectivity index (χ2n) is 6.04. The van der Waals surface area contributed by atoms with Crippen LogP contribution in [0, 0.1) is 0 Å². The van der Waals surface area contributed by atoms with E-state index in [2.05, 4.69) is 4.98 Å². The van der Waals surface area contributed by atoms with Crippen molar-refractivity contribution in [3.8, 4) is 0 Å². The molecule has 3 nitrogen and oxygen atoms in total. The van der Waals surface area contributed by atoms with Gasteiger partial charge in [0.25, 0.3) is 0 Å². The van der Waals surface area contributed by atoms with Crippen molar-refractivity contribution in [3.05, 3.63) is 16.1 Å². The van der Waals surface area contributed by atoms with E-state index in [-0.39, 0.29) is 5.97 Å². The number of carbonyl (C=O) groups is 1. The number of nitrogens with zero attached hydrogens (tertiary/aromatic N) is 1. The zero-order chi connectivity index (χ0) is 15.3. The van der Waals surface area contributed by atoms with Crippen LogP contribution in [0.3, 0.4) is 0 Å². The second kappa shape index (κ2) is 7.63. The van der Waals surface area contributed by atoms with Gasteiger partial charge in [-0.1, -0.05) is 19.3 Å². The van der Waals surface area contributed by atoms with Gasteiger partial charge < -0.3 is 4.74 Å². The van der Waals surface area contributed by atoms with Gasteiger partial charge in [-0.15, -0.1) is 11.3 Å². The Kier molecular flexibility index (Phi) is 6.11. The highest BCUT2D eigenvalue weighted by atomic mass is 32.2. The molecular formula is C16H25NO2S2. The Morgan fingerprint density at radius 1 is 1.43 bits per heavy atom. The Labute approximate surface area is 135 Å². The first-order chi connectivity index (χ1) is 10.0. The summed E-state index contributed by atoms with van der Waals surface area (Å²) in [5.41, 5.74) is 0.186. The highest BCUT2D eigenvalue weighted by Crippen LogP contribution is 2.32. The Morgan fingerprint density at radius 2 is 2.14 bits per heavy atom. The summed E-state index contributed by atoms with van der Waals surface area (Å²) in [6.45, 7) is 6.02. The molecule has 118 valence electrons. The Morgan fingerprint density at radius 3 is 2.81 bits per heavy atom. The molecule has 1 heterocycles. The lowest BCUT2D eigenvalue weighted by molar-refractivity contribution is -0.148. The molecule has 1 fully saturated rings. The number of thioether (sulfide) groups is 1. The molecule has 0 atom stereocenters. The third-order valence-electron chi connectivity index (χ3n) is 3.97. The van der Waals surface area contributed by atoms with E-state index in [4.69, 9.17) is 4.74 Å². The van der Waals surface area contributed by atoms with Gasteiger partial charge in [-0.05, 0) is 33.6 Å². The van der Waals surface area contributed by atoms with Crippen LogP contribution in [0.1, 0.15) is 63.6 Å². The minimum Gasteiger partial charge on any atom is -0.465 e. The molecule has 2 rings (SSSR count). The van der Waals surface area contributed by atoms with Crippen LogP contribution in [0.25, 0.3) is 0 Å². The van der Waals surface area contributed by atoms with E-state index in [1.165, 1.54) is 32.1 Å². The monoisotopic (exact) mass is 327 g/mol. The summed E-state index contributed by atoms with van der Waals surface area (Å²) in [4.78, 5) is 16.7. The van der Waals surface area contributed by atoms with Crippen LogP contribution in [0.4, 0.5) is 0 Å². The topological polar surface area (TPSA) is 39.2 Å². The highest BCUT2D eigenvalue weighted by Gasteiger charge is 2.33. The van der Waals surface area contributed by atoms with Crippen molar-refractivity contribution in [2.75, 3.05) is 6.61 Å². The van der Waals surface area contributed by atoms with Crippen molar-refractivity contribution in [1.82, 2.24) is 4.98 Å². The van der Waals surface area contributed by atoms with Crippen molar-refractivity contribution in [2.24, 2.45) is 0 Å². The third kappa shape index (κ3) is 4.46. The summed E-state index contributed by atoms with van der Waals surface area (Å²) < 4.78 is 5.15. The van der Waals surface area contributed by atoms with Crippen LogP contribution in [0.5, 0.6) is 0 Å². The SMILES string of the molecule is CCOC(=O)C(C)(C)c1csc(CSC2CCCCC2)n1. The van der Waals surface area contributed by atoms with Crippen molar-refractivity contribution in [1.29, 1.82) is 0 Å². The van der Waals surface area contributed by atoms with Gasteiger partial charge in [0.1, 0.15) is 10.4 Å². The van der Waals surface area contributed by atoms with Gasteiger partial charge in [0.15, 0.2) is 0 Å². The standard InChI is InChI=1S/C16H25NO2S2/c1-4-19-15(18)16(2,3)13-10-21-14(17-13)11-20-12-8-6-5-7-9-12/h10,12H,4-9,11H2,1-3H3. The molecule has 1 aromatic rings. The molecule has 0 spiro atoms. The van der Waals surface area contributed by atoms with Crippen molar-refractivity contribution in [2.45, 2.75) is 69.3 Å². The van der Waals surface area contributed by atoms with E-state index in [9.17, 15) is 4.79 Å². The summed E-state index contributed by atoms with van der Waals surface area (Å²) in [7, 11) is 0. The number of esters is 1. The predicted octanol–water partition coefficient (Wildman–Crippen LogP) is 4.55. The first-order valence-electron chi connectivity index (χ1n) is 7.77. The zero-order valence-corrected chi connectivity index (χ0v) is 14.8. The predicted molar refractivity (Wildman–Crippen MR) is 89.9 cm³/mol. The van der Waals surface area contributed by atoms with Crippen LogP contribution in [0.2, 0.25) is 0 Å². The molecule has 0 bridgehead atoms. The summed E-state index contributed by atoms with van der Waals surface area (Å²) in [6, 6.07) is 0. The van der Waals surface area contributed by atoms with E-state index in [1.807, 2.05) is 37.9 Å². The van der Waals surface area contributed by atoms with E-state index in [0.717, 1.165) is 21.7 Å². The first kappa shape index (κ1) is 16.8. The largest absolute Gasteiger partial charge is 0.465 e. The summed E-state index contributed by atoms with van der Waals surface area (Å²) >= 11 is 3.69. The normalized spacial score (nSPS) is 16.9. The first-order valence-corrected chi connectivity index (χ1v) is 9.70. The molecule has 1 aromatic heterocycles. The maximum atomic E-state index is 12.0. The number of rotatable bonds is 6. The number of hydrogen-bond acceptors (Lipinski definition) is 5. The lowest BCUT2D eigenvalue weighted by Crippen LogP contribution is -2.31. The van der Waals surface area contributed by atoms with E-state index in [1.54, 1.807) is 11.3 Å². The maximum Gasteiger partial charge on any atom is 0.317 e. The average Bonchev–Trinajstić information content (AvgIpc) is 2.96. The molecule has 0 unspecified atom stereocenters. The molecule has 1 aliphatic rings. The molecule has 1 saturated carbocycles. The van der Waals surface area contributed by atoms with Gasteiger partial charge in [-0.3, -0.25) is 4.79 Å². The highest BCUT2D eigenvalue weighted by molar-refractivity contribution is 7.99. The second-order valence-corrected chi connectivity index (χ2v) is 8.27. The minimum absolute atomic E-state index is 0.193. The fourth-order valence-electron chi connectivity index (χ4n) is 2.50. The van der Waals surface area contributed by atoms with Crippen molar-refractivity contribution < 1.29 is 9.53 Å². The van der Waals surface area contributed by atoms with Crippen LogP contribution in [0.15, 0.2) is 5.38 Å². The lowest BCUT2D eigenvalue weighted by Gasteiger charge is -2.20. The average molecular weight is 328 g/mol. The molecule has 0 aliphatic heterocycles. The summed E-state index contributed by atoms with van der Waals surface area (Å²) in [6.07, 6.45) is 6.83. The molecule has 0 saturated heterocycles. The molecule has 0 N–H and O–H groups in total. The molecule has 0 radical (unpaired) electrons. The molecule has 21 heavy (non-hydrogen) atoms. The minimum atomic E-state index is -0.653. The zero-order valence-electron chi connectivity index (χ0n) is 13.2. The van der Waals surface area contributed by atoms with Crippen molar-refractivity contribution >= 4 is 29.1 Å². The number of carbonyl (C=O) groups excluding carboxylic acids is 1. The third-order valence-corrected chi connectivity index (χ3v) is 6.39. The lowest BCUT2D eigenvalue weighted by atomic mass is 9.90. The van der Waals surface area contributed by atoms with E-state index >= 15 is 0 Å². The van der Waals surface area contributed by atoms with Crippen LogP contribution < -0.4 is 0 Å². The van der Waals surface area contributed by atoms with Gasteiger partial charge in [-0.25, -0.2) is 4.98 Å². The van der Waals surface area contributed by atoms with Gasteiger partial charge >= 0.3 is 5.97 Å². The summed E-state index contributed by atoms with van der Waals surface area (Å²) in [5, 5.41) is 3.93. The van der Waals surface area contributed by atoms with Gasteiger partial charge in [0.2, 0.25) is 0 Å². The molecular weight excluding hydrogens is 302 g/mol. The Bertz CT molecular complexity index is 465. The van der Waals surface area contributed by atoms with Gasteiger partial charge in [0, 0.05) is 16.4 Å². The number of aromatic nitrogens is 1. The van der Waals surface area contributed by atoms with Gasteiger partial charge in [0.05, 0.1) is 12.3 Å². The number of hydrogen-bond donors (Lipinski definition) is 0. The van der Waals surface area contributed by atoms with E-state index < -0.39 is 5.41 Å². The molecule has 5 heteroatoms. The summed E-state index contributed by atoms with van der Waals surface area (Å²) in [5.74, 6) is 0.774. The maximum absolute atomic E-state index is 12.0. The Balaban J connectivity index is 1.92. The van der Waals surface area contributed by atoms with E-state index in [0.29, 0.717) is 6.61 Å². The fourth-order valence-corrected chi connectivity index (χ4v) is 4.83. The van der Waals surface area contributed by atoms with Crippen LogP contribution in [-0.2, 0) is 20.7 Å². The quantitative estimate of drug-likeness (QED) is 0.719. The van der Waals surface area contributed by atoms with Crippen LogP contribution in [-0.4, -0.2) is 22.8 Å². The van der Waals surface area contributed by atoms with Gasteiger partial charge in [-0.2, -0.15) is 11.8 Å². The Hall–Kier alpha value is -0.550. The molecule has 0 aromatic carbocycles. The molecule has 0 amide bonds. The fraction of sp³-hybridized carbons (Fsp3) is 0.750. The van der Waals surface area contributed by atoms with Crippen LogP contribution >= 0.6 is 23.1 Å². The number of thiazole rings is 1. The number of ether oxygens (including phenoxy) is 1. The molecule has 1 aliphatic carbocycles. The van der Waals surface area contributed by atoms with Crippen molar-refractivity contribution in [3.63, 3.8) is 0 Å².